The third kappa shape index (κ3) is 3.88. The van der Waals surface area contributed by atoms with Crippen LogP contribution in [0.4, 0.5) is 11.5 Å². The average Bonchev–Trinajstić information content (AvgIpc) is 3.46. The molecule has 154 valence electrons. The molecule has 0 spiro atoms. The molecule has 30 heavy (non-hydrogen) atoms. The predicted molar refractivity (Wildman–Crippen MR) is 122 cm³/mol. The lowest BCUT2D eigenvalue weighted by atomic mass is 10.00. The summed E-state index contributed by atoms with van der Waals surface area (Å²) in [5.74, 6) is 2.14. The van der Waals surface area contributed by atoms with Gasteiger partial charge in [0.05, 0.1) is 5.35 Å². The van der Waals surface area contributed by atoms with Gasteiger partial charge in [-0.15, -0.1) is 0 Å². The van der Waals surface area contributed by atoms with Gasteiger partial charge in [-0.2, -0.15) is 0 Å². The van der Waals surface area contributed by atoms with Crippen LogP contribution in [-0.4, -0.2) is 9.72 Å². The Morgan fingerprint density at radius 1 is 1.27 bits per heavy atom. The quantitative estimate of drug-likeness (QED) is 0.698. The largest absolute Gasteiger partial charge is 0.359 e. The summed E-state index contributed by atoms with van der Waals surface area (Å²) in [4.78, 5) is 13.2. The molecule has 1 fully saturated rings. The SMILES string of the molecule is C=C(C)/C=c1\c(=C/C)cc(-c2cc(Nc3cc(C4CC4)on3)ccc2C)c(=O)n1C. The van der Waals surface area contributed by atoms with Gasteiger partial charge in [0, 0.05) is 30.3 Å². The minimum Gasteiger partial charge on any atom is -0.359 e. The Kier molecular flexibility index (Phi) is 5.20. The number of nitrogens with one attached hydrogen (secondary N) is 1. The van der Waals surface area contributed by atoms with Crippen LogP contribution >= 0.6 is 0 Å². The molecule has 1 aliphatic carbocycles. The van der Waals surface area contributed by atoms with Crippen molar-refractivity contribution in [2.45, 2.75) is 39.5 Å². The lowest BCUT2D eigenvalue weighted by molar-refractivity contribution is 0.387. The molecule has 3 aromatic rings. The highest BCUT2D eigenvalue weighted by molar-refractivity contribution is 5.73. The molecule has 1 aromatic carbocycles. The van der Waals surface area contributed by atoms with Gasteiger partial charge in [-0.3, -0.25) is 4.79 Å². The van der Waals surface area contributed by atoms with Crippen molar-refractivity contribution in [1.82, 2.24) is 9.72 Å². The molecular formula is C25H27N3O2. The minimum absolute atomic E-state index is 0.0363. The van der Waals surface area contributed by atoms with E-state index in [1.807, 2.05) is 63.3 Å². The summed E-state index contributed by atoms with van der Waals surface area (Å²) in [6.45, 7) is 9.87. The molecule has 0 amide bonds. The third-order valence-electron chi connectivity index (χ3n) is 5.49. The maximum absolute atomic E-state index is 13.2. The molecule has 2 heterocycles. The van der Waals surface area contributed by atoms with Crippen LogP contribution < -0.4 is 21.4 Å². The first-order chi connectivity index (χ1) is 14.4. The standard InChI is InChI=1S/C25H27N3O2/c1-6-17-12-21(25(29)28(5)22(17)11-15(2)3)20-13-19(10-7-16(20)4)26-24-14-23(30-27-24)18-8-9-18/h6-7,10-14,18H,2,8-9H2,1,3-5H3,(H,26,27)/b17-6-,22-11+. The molecule has 2 aromatic heterocycles. The topological polar surface area (TPSA) is 60.1 Å². The Balaban J connectivity index is 1.78. The first kappa shape index (κ1) is 20.0. The number of aryl methyl sites for hydroxylation is 1. The average molecular weight is 402 g/mol. The van der Waals surface area contributed by atoms with E-state index in [1.54, 1.807) is 11.6 Å². The third-order valence-corrected chi connectivity index (χ3v) is 5.49. The van der Waals surface area contributed by atoms with Crippen LogP contribution in [0.1, 0.15) is 43.9 Å². The number of allylic oxidation sites excluding steroid dienone is 1. The van der Waals surface area contributed by atoms with E-state index in [0.29, 0.717) is 17.3 Å². The van der Waals surface area contributed by atoms with Crippen LogP contribution in [0.2, 0.25) is 0 Å². The minimum atomic E-state index is -0.0363. The van der Waals surface area contributed by atoms with Gasteiger partial charge in [-0.05, 0) is 74.2 Å². The lowest BCUT2D eigenvalue weighted by Crippen LogP contribution is -2.42. The molecular weight excluding hydrogens is 374 g/mol. The number of hydrogen-bond donors (Lipinski definition) is 1. The summed E-state index contributed by atoms with van der Waals surface area (Å²) >= 11 is 0. The number of benzene rings is 1. The van der Waals surface area contributed by atoms with Gasteiger partial charge in [-0.25, -0.2) is 0 Å². The highest BCUT2D eigenvalue weighted by Gasteiger charge is 2.27. The van der Waals surface area contributed by atoms with E-state index in [2.05, 4.69) is 17.1 Å². The zero-order valence-electron chi connectivity index (χ0n) is 18.0. The monoisotopic (exact) mass is 401 g/mol. The Morgan fingerprint density at radius 2 is 2.03 bits per heavy atom. The number of rotatable bonds is 5. The van der Waals surface area contributed by atoms with E-state index in [1.165, 1.54) is 12.8 Å². The first-order valence-electron chi connectivity index (χ1n) is 10.3. The van der Waals surface area contributed by atoms with Crippen LogP contribution in [0.25, 0.3) is 23.3 Å². The second-order valence-electron chi connectivity index (χ2n) is 8.09. The van der Waals surface area contributed by atoms with Crippen LogP contribution in [0.5, 0.6) is 0 Å². The molecule has 1 saturated carbocycles. The molecule has 0 unspecified atom stereocenters. The fourth-order valence-electron chi connectivity index (χ4n) is 3.66. The van der Waals surface area contributed by atoms with Gasteiger partial charge in [0.2, 0.25) is 0 Å². The van der Waals surface area contributed by atoms with Crippen molar-refractivity contribution in [1.29, 1.82) is 0 Å². The smallest absolute Gasteiger partial charge is 0.258 e. The number of anilines is 2. The molecule has 5 nitrogen and oxygen atoms in total. The normalized spacial score (nSPS) is 14.9. The predicted octanol–water partition coefficient (Wildman–Crippen LogP) is 4.13. The summed E-state index contributed by atoms with van der Waals surface area (Å²) in [6, 6.07) is 9.93. The molecule has 0 radical (unpaired) electrons. The maximum Gasteiger partial charge on any atom is 0.258 e. The first-order valence-corrected chi connectivity index (χ1v) is 10.3. The number of nitrogens with zero attached hydrogens (tertiary/aromatic N) is 2. The van der Waals surface area contributed by atoms with Crippen LogP contribution in [0, 0.1) is 6.92 Å². The Morgan fingerprint density at radius 3 is 2.70 bits per heavy atom. The molecule has 0 atom stereocenters. The number of hydrogen-bond acceptors (Lipinski definition) is 4. The lowest BCUT2D eigenvalue weighted by Gasteiger charge is -2.12. The van der Waals surface area contributed by atoms with Crippen LogP contribution in [0.3, 0.4) is 0 Å². The van der Waals surface area contributed by atoms with E-state index in [9.17, 15) is 4.79 Å². The van der Waals surface area contributed by atoms with Crippen molar-refractivity contribution in [3.05, 3.63) is 74.7 Å². The van der Waals surface area contributed by atoms with Gasteiger partial charge in [-0.1, -0.05) is 29.5 Å². The van der Waals surface area contributed by atoms with Crippen LogP contribution in [0.15, 0.2) is 51.8 Å². The van der Waals surface area contributed by atoms with E-state index in [-0.39, 0.29) is 5.56 Å². The van der Waals surface area contributed by atoms with E-state index < -0.39 is 0 Å². The Bertz CT molecular complexity index is 1310. The van der Waals surface area contributed by atoms with Crippen molar-refractivity contribution < 1.29 is 4.52 Å². The summed E-state index contributed by atoms with van der Waals surface area (Å²) in [5.41, 5.74) is 4.34. The van der Waals surface area contributed by atoms with Crippen molar-refractivity contribution >= 4 is 23.7 Å². The highest BCUT2D eigenvalue weighted by atomic mass is 16.5. The second-order valence-corrected chi connectivity index (χ2v) is 8.09. The number of aromatic nitrogens is 2. The van der Waals surface area contributed by atoms with Crippen molar-refractivity contribution in [2.24, 2.45) is 7.05 Å². The Labute approximate surface area is 176 Å². The summed E-state index contributed by atoms with van der Waals surface area (Å²) in [5, 5.41) is 9.29. The highest BCUT2D eigenvalue weighted by Crippen LogP contribution is 2.41. The second kappa shape index (κ2) is 7.82. The van der Waals surface area contributed by atoms with Crippen LogP contribution in [-0.2, 0) is 7.05 Å². The molecule has 4 rings (SSSR count). The van der Waals surface area contributed by atoms with Gasteiger partial charge in [0.25, 0.3) is 5.56 Å². The van der Waals surface area contributed by atoms with Gasteiger partial charge in [0.15, 0.2) is 5.82 Å². The Hall–Kier alpha value is -3.34. The summed E-state index contributed by atoms with van der Waals surface area (Å²) in [6.07, 6.45) is 6.29. The van der Waals surface area contributed by atoms with Crippen molar-refractivity contribution in [3.8, 4) is 11.1 Å². The van der Waals surface area contributed by atoms with Gasteiger partial charge in [0.1, 0.15) is 5.76 Å². The molecule has 0 bridgehead atoms. The summed E-state index contributed by atoms with van der Waals surface area (Å²) < 4.78 is 7.12. The maximum atomic E-state index is 13.2. The van der Waals surface area contributed by atoms with Gasteiger partial charge < -0.3 is 14.4 Å². The summed E-state index contributed by atoms with van der Waals surface area (Å²) in [7, 11) is 1.81. The zero-order valence-corrected chi connectivity index (χ0v) is 18.0. The molecule has 1 N–H and O–H groups in total. The van der Waals surface area contributed by atoms with E-state index >= 15 is 0 Å². The molecule has 0 saturated heterocycles. The molecule has 0 aliphatic heterocycles. The fourth-order valence-corrected chi connectivity index (χ4v) is 3.66. The zero-order chi connectivity index (χ0) is 21.4. The number of pyridine rings is 1. The molecule has 5 heteroatoms. The molecule has 1 aliphatic rings. The fraction of sp³-hybridized carbons (Fsp3) is 0.280. The van der Waals surface area contributed by atoms with E-state index in [0.717, 1.165) is 38.7 Å². The van der Waals surface area contributed by atoms with Crippen molar-refractivity contribution in [3.63, 3.8) is 0 Å². The van der Waals surface area contributed by atoms with Gasteiger partial charge >= 0.3 is 0 Å². The van der Waals surface area contributed by atoms with Crippen molar-refractivity contribution in [2.75, 3.05) is 5.32 Å². The van der Waals surface area contributed by atoms with E-state index in [4.69, 9.17) is 4.52 Å².